The van der Waals surface area contributed by atoms with Gasteiger partial charge in [-0.15, -0.1) is 11.3 Å². The third-order valence-electron chi connectivity index (χ3n) is 9.03. The topological polar surface area (TPSA) is 116 Å². The lowest BCUT2D eigenvalue weighted by atomic mass is 9.86. The Labute approximate surface area is 263 Å². The molecular formula is C32H35F3N8OS. The van der Waals surface area contributed by atoms with Gasteiger partial charge in [0.05, 0.1) is 18.4 Å². The van der Waals surface area contributed by atoms with Gasteiger partial charge in [-0.1, -0.05) is 19.6 Å². The monoisotopic (exact) mass is 636 g/mol. The Balaban J connectivity index is 1.17. The minimum Gasteiger partial charge on any atom is -0.368 e. The van der Waals surface area contributed by atoms with Crippen LogP contribution in [-0.2, 0) is 24.3 Å². The molecule has 1 spiro atoms. The second kappa shape index (κ2) is 11.7. The number of carbonyl (C=O) groups excluding carboxylic acids is 1. The maximum absolute atomic E-state index is 13.1. The van der Waals surface area contributed by atoms with Gasteiger partial charge in [-0.05, 0) is 55.6 Å². The van der Waals surface area contributed by atoms with Crippen molar-refractivity contribution < 1.29 is 18.0 Å². The van der Waals surface area contributed by atoms with E-state index in [-0.39, 0.29) is 22.1 Å². The van der Waals surface area contributed by atoms with Crippen molar-refractivity contribution in [2.24, 2.45) is 5.41 Å². The van der Waals surface area contributed by atoms with Crippen molar-refractivity contribution in [2.45, 2.75) is 58.8 Å². The third-order valence-corrected chi connectivity index (χ3v) is 10.1. The number of nitrogens with one attached hydrogen (secondary N) is 1. The van der Waals surface area contributed by atoms with Crippen LogP contribution in [0.2, 0.25) is 0 Å². The molecule has 3 aromatic heterocycles. The molecule has 3 N–H and O–H groups in total. The van der Waals surface area contributed by atoms with Crippen molar-refractivity contribution in [3.63, 3.8) is 0 Å². The number of aromatic nitrogens is 3. The molecule has 13 heteroatoms. The molecule has 236 valence electrons. The first-order valence-corrected chi connectivity index (χ1v) is 15.8. The normalized spacial score (nSPS) is 18.8. The standard InChI is InChI=1S/C32H35F3N8OS/c1-4-27(44)38-19(2)15-43-22(14-36)11-24-20(3)21(5-6-26(24)43)16-41-9-7-31(17-41)8-10-42(18-31)28-25-12-23(13-32(33,34)35)45-29(25)40-30(37)39-28/h5-6,11-12H,2,4,7-10,13,15-18H2,1,3H3,(H,38,44)(H2,37,39,40). The van der Waals surface area contributed by atoms with Gasteiger partial charge in [-0.3, -0.25) is 9.69 Å². The Kier molecular flexibility index (Phi) is 7.99. The fourth-order valence-electron chi connectivity index (χ4n) is 6.82. The van der Waals surface area contributed by atoms with Gasteiger partial charge in [-0.25, -0.2) is 4.98 Å². The van der Waals surface area contributed by atoms with E-state index in [9.17, 15) is 23.2 Å². The van der Waals surface area contributed by atoms with E-state index >= 15 is 0 Å². The zero-order chi connectivity index (χ0) is 32.1. The van der Waals surface area contributed by atoms with Crippen LogP contribution in [0.4, 0.5) is 24.9 Å². The van der Waals surface area contributed by atoms with Crippen molar-refractivity contribution >= 4 is 50.1 Å². The number of nitrogens with zero attached hydrogens (tertiary/aromatic N) is 6. The molecule has 1 unspecified atom stereocenters. The smallest absolute Gasteiger partial charge is 0.368 e. The molecule has 2 aliphatic rings. The lowest BCUT2D eigenvalue weighted by Gasteiger charge is -2.26. The van der Waals surface area contributed by atoms with Crippen LogP contribution < -0.4 is 16.0 Å². The molecule has 6 rings (SSSR count). The molecule has 4 aromatic rings. The second-order valence-corrected chi connectivity index (χ2v) is 13.4. The zero-order valence-corrected chi connectivity index (χ0v) is 26.1. The number of hydrogen-bond acceptors (Lipinski definition) is 8. The Morgan fingerprint density at radius 1 is 1.20 bits per heavy atom. The summed E-state index contributed by atoms with van der Waals surface area (Å²) in [6.07, 6.45) is -2.96. The highest BCUT2D eigenvalue weighted by molar-refractivity contribution is 7.18. The Bertz CT molecular complexity index is 1850. The second-order valence-electron chi connectivity index (χ2n) is 12.3. The highest BCUT2D eigenvalue weighted by Gasteiger charge is 2.44. The minimum atomic E-state index is -4.29. The number of nitriles is 1. The van der Waals surface area contributed by atoms with E-state index in [0.717, 1.165) is 73.4 Å². The summed E-state index contributed by atoms with van der Waals surface area (Å²) in [4.78, 5) is 25.8. The highest BCUT2D eigenvalue weighted by Crippen LogP contribution is 2.44. The largest absolute Gasteiger partial charge is 0.393 e. The fourth-order valence-corrected chi connectivity index (χ4v) is 7.88. The summed E-state index contributed by atoms with van der Waals surface area (Å²) in [5.41, 5.74) is 10.3. The molecular weight excluding hydrogens is 601 g/mol. The van der Waals surface area contributed by atoms with Gasteiger partial charge in [0, 0.05) is 59.5 Å². The van der Waals surface area contributed by atoms with Crippen molar-refractivity contribution in [1.29, 1.82) is 5.26 Å². The molecule has 1 aromatic carbocycles. The maximum atomic E-state index is 13.1. The van der Waals surface area contributed by atoms with Crippen LogP contribution in [0.1, 0.15) is 47.9 Å². The predicted octanol–water partition coefficient (Wildman–Crippen LogP) is 5.66. The van der Waals surface area contributed by atoms with Crippen molar-refractivity contribution in [3.05, 3.63) is 58.2 Å². The molecule has 5 heterocycles. The van der Waals surface area contributed by atoms with E-state index in [1.54, 1.807) is 13.0 Å². The average Bonchev–Trinajstić information content (AvgIpc) is 3.75. The number of alkyl halides is 3. The molecule has 1 amide bonds. The number of amides is 1. The number of nitrogens with two attached hydrogens (primary N) is 1. The lowest BCUT2D eigenvalue weighted by molar-refractivity contribution is -0.126. The van der Waals surface area contributed by atoms with E-state index in [0.29, 0.717) is 40.4 Å². The number of thiophene rings is 1. The van der Waals surface area contributed by atoms with Gasteiger partial charge in [0.2, 0.25) is 11.9 Å². The van der Waals surface area contributed by atoms with Crippen LogP contribution in [0.15, 0.2) is 36.5 Å². The first kappa shape index (κ1) is 30.9. The highest BCUT2D eigenvalue weighted by atomic mass is 32.1. The predicted molar refractivity (Wildman–Crippen MR) is 170 cm³/mol. The average molecular weight is 637 g/mol. The van der Waals surface area contributed by atoms with Crippen LogP contribution in [0.25, 0.3) is 21.1 Å². The quantitative estimate of drug-likeness (QED) is 0.257. The minimum absolute atomic E-state index is 0.0510. The number of rotatable bonds is 8. The number of aryl methyl sites for hydroxylation is 1. The van der Waals surface area contributed by atoms with Gasteiger partial charge < -0.3 is 20.5 Å². The number of fused-ring (bicyclic) bond motifs is 2. The molecule has 0 bridgehead atoms. The summed E-state index contributed by atoms with van der Waals surface area (Å²) >= 11 is 1.02. The Hall–Kier alpha value is -4.15. The van der Waals surface area contributed by atoms with Crippen LogP contribution >= 0.6 is 11.3 Å². The molecule has 1 atom stereocenters. The Morgan fingerprint density at radius 2 is 1.98 bits per heavy atom. The van der Waals surface area contributed by atoms with Gasteiger partial charge in [-0.2, -0.15) is 23.4 Å². The number of hydrogen-bond donors (Lipinski definition) is 2. The van der Waals surface area contributed by atoms with E-state index in [1.165, 1.54) is 5.56 Å². The zero-order valence-electron chi connectivity index (χ0n) is 25.3. The number of halogens is 3. The number of allylic oxidation sites excluding steroid dienone is 1. The van der Waals surface area contributed by atoms with Crippen molar-refractivity contribution in [1.82, 2.24) is 24.8 Å². The van der Waals surface area contributed by atoms with Crippen molar-refractivity contribution in [2.75, 3.05) is 36.8 Å². The van der Waals surface area contributed by atoms with Gasteiger partial charge in [0.25, 0.3) is 0 Å². The summed E-state index contributed by atoms with van der Waals surface area (Å²) in [5, 5.41) is 14.3. The number of carbonyl (C=O) groups is 1. The van der Waals surface area contributed by atoms with E-state index in [2.05, 4.69) is 50.7 Å². The van der Waals surface area contributed by atoms with E-state index in [4.69, 9.17) is 5.73 Å². The fraction of sp³-hybridized carbons (Fsp3) is 0.438. The van der Waals surface area contributed by atoms with Gasteiger partial charge >= 0.3 is 6.18 Å². The summed E-state index contributed by atoms with van der Waals surface area (Å²) in [6, 6.07) is 9.90. The molecule has 9 nitrogen and oxygen atoms in total. The molecule has 2 saturated heterocycles. The van der Waals surface area contributed by atoms with Gasteiger partial charge in [0.1, 0.15) is 22.4 Å². The molecule has 0 aliphatic carbocycles. The van der Waals surface area contributed by atoms with Crippen LogP contribution in [0.3, 0.4) is 0 Å². The molecule has 2 fully saturated rings. The van der Waals surface area contributed by atoms with Gasteiger partial charge in [0.15, 0.2) is 0 Å². The van der Waals surface area contributed by atoms with E-state index in [1.807, 2.05) is 16.7 Å². The maximum Gasteiger partial charge on any atom is 0.393 e. The lowest BCUT2D eigenvalue weighted by Crippen LogP contribution is -2.31. The van der Waals surface area contributed by atoms with Crippen molar-refractivity contribution in [3.8, 4) is 6.07 Å². The number of anilines is 2. The van der Waals surface area contributed by atoms with Crippen LogP contribution in [0.5, 0.6) is 0 Å². The number of nitrogen functional groups attached to an aromatic ring is 1. The Morgan fingerprint density at radius 3 is 2.71 bits per heavy atom. The molecule has 2 aliphatic heterocycles. The molecule has 45 heavy (non-hydrogen) atoms. The first-order valence-electron chi connectivity index (χ1n) is 15.0. The summed E-state index contributed by atoms with van der Waals surface area (Å²) in [7, 11) is 0. The molecule has 0 saturated carbocycles. The van der Waals surface area contributed by atoms with E-state index < -0.39 is 12.6 Å². The molecule has 0 radical (unpaired) electrons. The summed E-state index contributed by atoms with van der Waals surface area (Å²) < 4.78 is 41.1. The first-order chi connectivity index (χ1) is 21.4. The van der Waals surface area contributed by atoms with Crippen LogP contribution in [0, 0.1) is 23.7 Å². The summed E-state index contributed by atoms with van der Waals surface area (Å²) in [6.45, 7) is 12.3. The third kappa shape index (κ3) is 6.21. The number of benzene rings is 1. The van der Waals surface area contributed by atoms with Crippen LogP contribution in [-0.4, -0.2) is 57.7 Å². The SMILES string of the molecule is C=C(Cn1c(C#N)cc2c(C)c(CN3CCC4(CCN(c5nc(N)nc6sc(CC(F)(F)F)cc56)C4)C3)ccc21)NC(=O)CC. The summed E-state index contributed by atoms with van der Waals surface area (Å²) in [5.74, 6) is 0.577. The number of likely N-dealkylation sites (tertiary alicyclic amines) is 1.